The third-order valence-corrected chi connectivity index (χ3v) is 3.58. The molecule has 0 aliphatic carbocycles. The number of non-ortho nitro benzene ring substituents is 1. The topological polar surface area (TPSA) is 106 Å². The smallest absolute Gasteiger partial charge is 0.269 e. The van der Waals surface area contributed by atoms with Gasteiger partial charge in [-0.25, -0.2) is 0 Å². The Morgan fingerprint density at radius 2 is 1.88 bits per heavy atom. The van der Waals surface area contributed by atoms with Crippen molar-refractivity contribution in [3.63, 3.8) is 0 Å². The summed E-state index contributed by atoms with van der Waals surface area (Å²) >= 11 is 0. The van der Waals surface area contributed by atoms with Crippen LogP contribution in [0.15, 0.2) is 40.8 Å². The fraction of sp³-hybridized carbons (Fsp3) is 0.294. The number of nitro benzene ring substituents is 1. The first-order valence-corrected chi connectivity index (χ1v) is 7.69. The second-order valence-corrected chi connectivity index (χ2v) is 5.57. The number of furan rings is 1. The minimum atomic E-state index is -0.531. The maximum Gasteiger partial charge on any atom is 0.269 e. The van der Waals surface area contributed by atoms with E-state index in [2.05, 4.69) is 5.32 Å². The van der Waals surface area contributed by atoms with E-state index in [0.29, 0.717) is 17.9 Å². The number of rotatable bonds is 7. The van der Waals surface area contributed by atoms with E-state index in [1.807, 2.05) is 19.1 Å². The lowest BCUT2D eigenvalue weighted by molar-refractivity contribution is -0.384. The lowest BCUT2D eigenvalue weighted by Gasteiger charge is -2.16. The minimum absolute atomic E-state index is 0.0819. The summed E-state index contributed by atoms with van der Waals surface area (Å²) in [5.41, 5.74) is 0.221. The van der Waals surface area contributed by atoms with E-state index < -0.39 is 4.92 Å². The van der Waals surface area contributed by atoms with Crippen LogP contribution >= 0.6 is 0 Å². The van der Waals surface area contributed by atoms with Gasteiger partial charge in [0.2, 0.25) is 5.91 Å². The van der Waals surface area contributed by atoms with Gasteiger partial charge in [-0.15, -0.1) is 0 Å². The van der Waals surface area contributed by atoms with E-state index in [0.717, 1.165) is 5.76 Å². The molecule has 2 amide bonds. The molecule has 0 unspecified atom stereocenters. The van der Waals surface area contributed by atoms with Gasteiger partial charge in [-0.2, -0.15) is 0 Å². The zero-order valence-electron chi connectivity index (χ0n) is 14.0. The van der Waals surface area contributed by atoms with Gasteiger partial charge >= 0.3 is 0 Å². The van der Waals surface area contributed by atoms with E-state index in [1.165, 1.54) is 29.2 Å². The maximum atomic E-state index is 12.0. The van der Waals surface area contributed by atoms with Gasteiger partial charge in [0, 0.05) is 37.7 Å². The molecule has 0 atom stereocenters. The lowest BCUT2D eigenvalue weighted by Crippen LogP contribution is -2.31. The lowest BCUT2D eigenvalue weighted by atomic mass is 10.2. The van der Waals surface area contributed by atoms with Crippen LogP contribution in [0.1, 0.15) is 28.3 Å². The molecule has 1 N–H and O–H groups in total. The quantitative estimate of drug-likeness (QED) is 0.612. The SMILES string of the molecule is Cc1ccc(CN(C)C(=O)CCNC(=O)c2ccc([N+](=O)[O-])cc2)o1. The van der Waals surface area contributed by atoms with Gasteiger partial charge in [0.25, 0.3) is 11.6 Å². The predicted molar refractivity (Wildman–Crippen MR) is 90.0 cm³/mol. The monoisotopic (exact) mass is 345 g/mol. The normalized spacial score (nSPS) is 10.3. The number of carbonyl (C=O) groups excluding carboxylic acids is 2. The molecule has 132 valence electrons. The zero-order chi connectivity index (χ0) is 18.4. The van der Waals surface area contributed by atoms with Crippen LogP contribution in [0.3, 0.4) is 0 Å². The van der Waals surface area contributed by atoms with Gasteiger partial charge in [0.15, 0.2) is 0 Å². The highest BCUT2D eigenvalue weighted by molar-refractivity contribution is 5.94. The average molecular weight is 345 g/mol. The van der Waals surface area contributed by atoms with Crippen LogP contribution in [-0.4, -0.2) is 35.2 Å². The van der Waals surface area contributed by atoms with Crippen molar-refractivity contribution in [2.24, 2.45) is 0 Å². The van der Waals surface area contributed by atoms with Crippen molar-refractivity contribution in [2.45, 2.75) is 19.9 Å². The van der Waals surface area contributed by atoms with Gasteiger partial charge in [-0.3, -0.25) is 19.7 Å². The average Bonchev–Trinajstić information content (AvgIpc) is 2.99. The number of carbonyl (C=O) groups is 2. The van der Waals surface area contributed by atoms with Crippen LogP contribution in [0.25, 0.3) is 0 Å². The van der Waals surface area contributed by atoms with Crippen molar-refractivity contribution in [1.29, 1.82) is 0 Å². The van der Waals surface area contributed by atoms with Crippen molar-refractivity contribution in [3.8, 4) is 0 Å². The molecule has 25 heavy (non-hydrogen) atoms. The number of nitro groups is 1. The summed E-state index contributed by atoms with van der Waals surface area (Å²) in [6.45, 7) is 2.37. The van der Waals surface area contributed by atoms with Gasteiger partial charge < -0.3 is 14.6 Å². The van der Waals surface area contributed by atoms with Gasteiger partial charge in [0.1, 0.15) is 11.5 Å². The molecular formula is C17H19N3O5. The summed E-state index contributed by atoms with van der Waals surface area (Å²) in [7, 11) is 1.67. The summed E-state index contributed by atoms with van der Waals surface area (Å²) in [6.07, 6.45) is 0.148. The highest BCUT2D eigenvalue weighted by Gasteiger charge is 2.13. The number of nitrogens with zero attached hydrogens (tertiary/aromatic N) is 2. The Morgan fingerprint density at radius 3 is 2.44 bits per heavy atom. The third-order valence-electron chi connectivity index (χ3n) is 3.58. The van der Waals surface area contributed by atoms with Gasteiger partial charge in [-0.1, -0.05) is 0 Å². The number of hydrogen-bond donors (Lipinski definition) is 1. The Kier molecular flexibility index (Phi) is 5.89. The Morgan fingerprint density at radius 1 is 1.20 bits per heavy atom. The zero-order valence-corrected chi connectivity index (χ0v) is 14.0. The Bertz CT molecular complexity index is 767. The van der Waals surface area contributed by atoms with Crippen LogP contribution in [0.4, 0.5) is 5.69 Å². The Balaban J connectivity index is 1.77. The van der Waals surface area contributed by atoms with E-state index in [4.69, 9.17) is 4.42 Å². The summed E-state index contributed by atoms with van der Waals surface area (Å²) in [4.78, 5) is 35.6. The van der Waals surface area contributed by atoms with Crippen molar-refractivity contribution < 1.29 is 18.9 Å². The summed E-state index contributed by atoms with van der Waals surface area (Å²) in [6, 6.07) is 8.92. The molecule has 8 heteroatoms. The minimum Gasteiger partial charge on any atom is -0.464 e. The molecule has 0 aliphatic heterocycles. The van der Waals surface area contributed by atoms with Crippen molar-refractivity contribution in [2.75, 3.05) is 13.6 Å². The molecule has 1 aromatic carbocycles. The van der Waals surface area contributed by atoms with Crippen LogP contribution in [0.5, 0.6) is 0 Å². The van der Waals surface area contributed by atoms with E-state index in [1.54, 1.807) is 7.05 Å². The molecular weight excluding hydrogens is 326 g/mol. The number of amides is 2. The molecule has 8 nitrogen and oxygen atoms in total. The molecule has 2 aromatic rings. The molecule has 2 rings (SSSR count). The molecule has 0 saturated carbocycles. The Hall–Kier alpha value is -3.16. The molecule has 0 aliphatic rings. The number of benzene rings is 1. The van der Waals surface area contributed by atoms with Gasteiger partial charge in [-0.05, 0) is 31.2 Å². The maximum absolute atomic E-state index is 12.0. The van der Waals surface area contributed by atoms with Crippen LogP contribution in [-0.2, 0) is 11.3 Å². The molecule has 0 fully saturated rings. The summed E-state index contributed by atoms with van der Waals surface area (Å²) in [5, 5.41) is 13.2. The third kappa shape index (κ3) is 5.17. The van der Waals surface area contributed by atoms with Crippen molar-refractivity contribution >= 4 is 17.5 Å². The van der Waals surface area contributed by atoms with Crippen molar-refractivity contribution in [1.82, 2.24) is 10.2 Å². The van der Waals surface area contributed by atoms with Crippen LogP contribution < -0.4 is 5.32 Å². The van der Waals surface area contributed by atoms with E-state index >= 15 is 0 Å². The van der Waals surface area contributed by atoms with Crippen molar-refractivity contribution in [3.05, 3.63) is 63.6 Å². The molecule has 0 saturated heterocycles. The summed E-state index contributed by atoms with van der Waals surface area (Å²) in [5.74, 6) is 0.972. The fourth-order valence-electron chi connectivity index (χ4n) is 2.20. The van der Waals surface area contributed by atoms with Crippen LogP contribution in [0.2, 0.25) is 0 Å². The second-order valence-electron chi connectivity index (χ2n) is 5.57. The molecule has 1 heterocycles. The first-order chi connectivity index (χ1) is 11.9. The molecule has 1 aromatic heterocycles. The number of nitrogens with one attached hydrogen (secondary N) is 1. The number of hydrogen-bond acceptors (Lipinski definition) is 5. The first kappa shape index (κ1) is 18.2. The standard InChI is InChI=1S/C17H19N3O5/c1-12-3-8-15(25-12)11-19(2)16(21)9-10-18-17(22)13-4-6-14(7-5-13)20(23)24/h3-8H,9-11H2,1-2H3,(H,18,22). The highest BCUT2D eigenvalue weighted by Crippen LogP contribution is 2.12. The molecule has 0 spiro atoms. The first-order valence-electron chi connectivity index (χ1n) is 7.69. The van der Waals surface area contributed by atoms with E-state index in [-0.39, 0.29) is 30.5 Å². The Labute approximate surface area is 144 Å². The summed E-state index contributed by atoms with van der Waals surface area (Å²) < 4.78 is 5.42. The molecule has 0 bridgehead atoms. The van der Waals surface area contributed by atoms with Crippen LogP contribution in [0, 0.1) is 17.0 Å². The van der Waals surface area contributed by atoms with E-state index in [9.17, 15) is 19.7 Å². The molecule has 0 radical (unpaired) electrons. The van der Waals surface area contributed by atoms with Gasteiger partial charge in [0.05, 0.1) is 11.5 Å². The second kappa shape index (κ2) is 8.09. The predicted octanol–water partition coefficient (Wildman–Crippen LogP) is 2.27. The number of aryl methyl sites for hydroxylation is 1. The largest absolute Gasteiger partial charge is 0.464 e. The highest BCUT2D eigenvalue weighted by atomic mass is 16.6. The fourth-order valence-corrected chi connectivity index (χ4v) is 2.20.